The van der Waals surface area contributed by atoms with E-state index < -0.39 is 11.8 Å². The number of ether oxygens (including phenoxy) is 1. The van der Waals surface area contributed by atoms with Gasteiger partial charge in [0.2, 0.25) is 0 Å². The van der Waals surface area contributed by atoms with E-state index >= 15 is 0 Å². The zero-order valence-corrected chi connectivity index (χ0v) is 12.5. The van der Waals surface area contributed by atoms with Crippen molar-refractivity contribution in [3.8, 4) is 5.75 Å². The number of carboxylic acid groups (broad SMARTS) is 1. The van der Waals surface area contributed by atoms with Crippen molar-refractivity contribution in [2.75, 3.05) is 13.7 Å². The molecule has 1 heterocycles. The quantitative estimate of drug-likeness (QED) is 0.908. The van der Waals surface area contributed by atoms with Gasteiger partial charge in [-0.15, -0.1) is 0 Å². The van der Waals surface area contributed by atoms with Gasteiger partial charge in [-0.3, -0.25) is 9.59 Å². The van der Waals surface area contributed by atoms with Crippen LogP contribution in [0, 0.1) is 5.82 Å². The minimum absolute atomic E-state index is 0.0324. The molecule has 0 radical (unpaired) electrons. The molecule has 1 aromatic rings. The Balaban J connectivity index is 2.16. The number of carbonyl (C=O) groups is 2. The summed E-state index contributed by atoms with van der Waals surface area (Å²) in [4.78, 5) is 25.1. The molecule has 0 unspecified atom stereocenters. The summed E-state index contributed by atoms with van der Waals surface area (Å²) in [6.45, 7) is 0.600. The molecule has 1 aromatic carbocycles. The van der Waals surface area contributed by atoms with Gasteiger partial charge in [0.15, 0.2) is 11.6 Å². The van der Waals surface area contributed by atoms with Gasteiger partial charge in [-0.05, 0) is 43.9 Å². The van der Waals surface area contributed by atoms with Crippen LogP contribution in [0.25, 0.3) is 0 Å². The van der Waals surface area contributed by atoms with Crippen LogP contribution >= 0.6 is 0 Å². The molecule has 1 N–H and O–H groups in total. The lowest BCUT2D eigenvalue weighted by molar-refractivity contribution is -0.137. The normalized spacial score (nSPS) is 18.1. The molecule has 1 fully saturated rings. The van der Waals surface area contributed by atoms with E-state index in [9.17, 15) is 14.0 Å². The molecular weight excluding hydrogens is 289 g/mol. The number of hydrogen-bond acceptors (Lipinski definition) is 3. The fourth-order valence-corrected chi connectivity index (χ4v) is 2.82. The molecule has 1 aliphatic heterocycles. The van der Waals surface area contributed by atoms with Crippen molar-refractivity contribution in [3.05, 3.63) is 29.6 Å². The Hall–Kier alpha value is -2.11. The van der Waals surface area contributed by atoms with Crippen LogP contribution in [0.5, 0.6) is 5.75 Å². The van der Waals surface area contributed by atoms with Crippen LogP contribution in [0.15, 0.2) is 18.2 Å². The highest BCUT2D eigenvalue weighted by molar-refractivity contribution is 5.95. The van der Waals surface area contributed by atoms with Crippen LogP contribution in [0.1, 0.15) is 42.5 Å². The molecule has 120 valence electrons. The number of halogens is 1. The van der Waals surface area contributed by atoms with Crippen LogP contribution < -0.4 is 4.74 Å². The molecule has 0 aliphatic carbocycles. The minimum Gasteiger partial charge on any atom is -0.494 e. The Morgan fingerprint density at radius 2 is 2.18 bits per heavy atom. The predicted molar refractivity (Wildman–Crippen MR) is 78.5 cm³/mol. The number of carbonyl (C=O) groups excluding carboxylic acids is 1. The summed E-state index contributed by atoms with van der Waals surface area (Å²) in [5, 5.41) is 8.82. The van der Waals surface area contributed by atoms with Gasteiger partial charge in [0.1, 0.15) is 0 Å². The summed E-state index contributed by atoms with van der Waals surface area (Å²) in [5.74, 6) is -1.54. The lowest BCUT2D eigenvalue weighted by Gasteiger charge is -2.35. The second kappa shape index (κ2) is 7.24. The number of piperidine rings is 1. The molecule has 6 heteroatoms. The second-order valence-electron chi connectivity index (χ2n) is 5.43. The molecule has 1 aliphatic rings. The first-order valence-electron chi connectivity index (χ1n) is 7.39. The van der Waals surface area contributed by atoms with Gasteiger partial charge in [0.25, 0.3) is 5.91 Å². The van der Waals surface area contributed by atoms with Crippen molar-refractivity contribution in [1.29, 1.82) is 0 Å². The molecule has 5 nitrogen and oxygen atoms in total. The highest BCUT2D eigenvalue weighted by atomic mass is 19.1. The number of amides is 1. The van der Waals surface area contributed by atoms with Gasteiger partial charge in [-0.1, -0.05) is 0 Å². The van der Waals surface area contributed by atoms with Crippen LogP contribution in [0.4, 0.5) is 4.39 Å². The first kappa shape index (κ1) is 16.3. The van der Waals surface area contributed by atoms with Crippen LogP contribution in [0.2, 0.25) is 0 Å². The minimum atomic E-state index is -0.860. The van der Waals surface area contributed by atoms with E-state index in [1.165, 1.54) is 25.3 Å². The van der Waals surface area contributed by atoms with E-state index in [4.69, 9.17) is 9.84 Å². The van der Waals surface area contributed by atoms with Gasteiger partial charge in [0.05, 0.1) is 7.11 Å². The number of nitrogens with zero attached hydrogens (tertiary/aromatic N) is 1. The largest absolute Gasteiger partial charge is 0.494 e. The third-order valence-electron chi connectivity index (χ3n) is 3.98. The standard InChI is InChI=1S/C16H20FNO4/c1-22-14-10-11(5-7-13(14)17)16(21)18-9-3-2-4-12(18)6-8-15(19)20/h5,7,10,12H,2-4,6,8-9H2,1H3,(H,19,20)/t12-/m0/s1. The van der Waals surface area contributed by atoms with E-state index in [-0.39, 0.29) is 24.1 Å². The number of methoxy groups -OCH3 is 1. The topological polar surface area (TPSA) is 66.8 Å². The maximum absolute atomic E-state index is 13.4. The summed E-state index contributed by atoms with van der Waals surface area (Å²) in [5.41, 5.74) is 0.362. The van der Waals surface area contributed by atoms with Crippen LogP contribution in [-0.2, 0) is 4.79 Å². The first-order chi connectivity index (χ1) is 10.5. The fraction of sp³-hybridized carbons (Fsp3) is 0.500. The monoisotopic (exact) mass is 309 g/mol. The highest BCUT2D eigenvalue weighted by Crippen LogP contribution is 2.25. The smallest absolute Gasteiger partial charge is 0.303 e. The summed E-state index contributed by atoms with van der Waals surface area (Å²) in [6.07, 6.45) is 3.17. The zero-order chi connectivity index (χ0) is 16.1. The van der Waals surface area contributed by atoms with E-state index in [0.717, 1.165) is 19.3 Å². The number of carboxylic acids is 1. The molecule has 0 bridgehead atoms. The molecule has 1 atom stereocenters. The molecule has 1 saturated heterocycles. The van der Waals surface area contributed by atoms with Crippen molar-refractivity contribution in [1.82, 2.24) is 4.90 Å². The second-order valence-corrected chi connectivity index (χ2v) is 5.43. The van der Waals surface area contributed by atoms with Crippen LogP contribution in [-0.4, -0.2) is 41.6 Å². The molecule has 0 aromatic heterocycles. The average molecular weight is 309 g/mol. The van der Waals surface area contributed by atoms with Crippen molar-refractivity contribution in [2.45, 2.75) is 38.1 Å². The number of benzene rings is 1. The van der Waals surface area contributed by atoms with Gasteiger partial charge >= 0.3 is 5.97 Å². The molecular formula is C16H20FNO4. The summed E-state index contributed by atoms with van der Waals surface area (Å²) < 4.78 is 18.4. The van der Waals surface area contributed by atoms with Crippen molar-refractivity contribution in [2.24, 2.45) is 0 Å². The Morgan fingerprint density at radius 3 is 2.86 bits per heavy atom. The van der Waals surface area contributed by atoms with E-state index in [1.807, 2.05) is 0 Å². The fourth-order valence-electron chi connectivity index (χ4n) is 2.82. The summed E-state index contributed by atoms with van der Waals surface area (Å²) >= 11 is 0. The highest BCUT2D eigenvalue weighted by Gasteiger charge is 2.28. The molecule has 22 heavy (non-hydrogen) atoms. The maximum Gasteiger partial charge on any atom is 0.303 e. The Labute approximate surface area is 128 Å². The molecule has 2 rings (SSSR count). The van der Waals surface area contributed by atoms with E-state index in [0.29, 0.717) is 18.5 Å². The first-order valence-corrected chi connectivity index (χ1v) is 7.39. The third kappa shape index (κ3) is 3.75. The third-order valence-corrected chi connectivity index (χ3v) is 3.98. The number of hydrogen-bond donors (Lipinski definition) is 1. The van der Waals surface area contributed by atoms with Crippen molar-refractivity contribution in [3.63, 3.8) is 0 Å². The Kier molecular flexibility index (Phi) is 5.35. The molecule has 1 amide bonds. The summed E-state index contributed by atoms with van der Waals surface area (Å²) in [7, 11) is 1.35. The SMILES string of the molecule is COc1cc(C(=O)N2CCCC[C@H]2CCC(=O)O)ccc1F. The van der Waals surface area contributed by atoms with Gasteiger partial charge in [-0.25, -0.2) is 4.39 Å². The number of aliphatic carboxylic acids is 1. The Bertz CT molecular complexity index is 561. The summed E-state index contributed by atoms with van der Waals surface area (Å²) in [6, 6.07) is 3.96. The van der Waals surface area contributed by atoms with E-state index in [1.54, 1.807) is 4.90 Å². The van der Waals surface area contributed by atoms with Gasteiger partial charge in [-0.2, -0.15) is 0 Å². The van der Waals surface area contributed by atoms with Gasteiger partial charge in [0, 0.05) is 24.6 Å². The van der Waals surface area contributed by atoms with E-state index in [2.05, 4.69) is 0 Å². The lowest BCUT2D eigenvalue weighted by atomic mass is 9.97. The van der Waals surface area contributed by atoms with Crippen molar-refractivity contribution < 1.29 is 23.8 Å². The van der Waals surface area contributed by atoms with Crippen molar-refractivity contribution >= 4 is 11.9 Å². The molecule has 0 saturated carbocycles. The maximum atomic E-state index is 13.4. The van der Waals surface area contributed by atoms with Gasteiger partial charge < -0.3 is 14.7 Å². The lowest BCUT2D eigenvalue weighted by Crippen LogP contribution is -2.44. The van der Waals surface area contributed by atoms with Crippen LogP contribution in [0.3, 0.4) is 0 Å². The predicted octanol–water partition coefficient (Wildman–Crippen LogP) is 2.69. The zero-order valence-electron chi connectivity index (χ0n) is 12.5. The molecule has 0 spiro atoms. The number of likely N-dealkylation sites (tertiary alicyclic amines) is 1. The Morgan fingerprint density at radius 1 is 1.41 bits per heavy atom. The number of rotatable bonds is 5. The average Bonchev–Trinajstić information content (AvgIpc) is 2.53.